The van der Waals surface area contributed by atoms with Crippen molar-refractivity contribution in [3.05, 3.63) is 76.6 Å². The van der Waals surface area contributed by atoms with Gasteiger partial charge in [-0.1, -0.05) is 30.3 Å². The number of ether oxygens (including phenoxy) is 1. The third kappa shape index (κ3) is 2.91. The minimum absolute atomic E-state index is 0.0110. The van der Waals surface area contributed by atoms with E-state index in [4.69, 9.17) is 9.15 Å². The monoisotopic (exact) mass is 376 g/mol. The molecule has 0 aliphatic rings. The minimum atomic E-state index is -0.763. The Kier molecular flexibility index (Phi) is 4.16. The fraction of sp³-hybridized carbons (Fsp3) is 0.0455. The number of hydrogen-bond donors (Lipinski definition) is 3. The number of phenols is 3. The van der Waals surface area contributed by atoms with Crippen LogP contribution in [0.1, 0.15) is 5.76 Å². The summed E-state index contributed by atoms with van der Waals surface area (Å²) in [6.07, 6.45) is 0. The van der Waals surface area contributed by atoms with Gasteiger partial charge in [0.2, 0.25) is 11.2 Å². The van der Waals surface area contributed by atoms with E-state index < -0.39 is 22.7 Å². The molecule has 0 saturated heterocycles. The highest BCUT2D eigenvalue weighted by molar-refractivity contribution is 5.91. The van der Waals surface area contributed by atoms with Crippen LogP contribution in [0.3, 0.4) is 0 Å². The Morgan fingerprint density at radius 1 is 0.857 bits per heavy atom. The molecule has 4 rings (SSSR count). The Bertz CT molecular complexity index is 1220. The second kappa shape index (κ2) is 6.66. The molecule has 28 heavy (non-hydrogen) atoms. The molecule has 0 atom stereocenters. The fourth-order valence-corrected chi connectivity index (χ4v) is 3.07. The van der Waals surface area contributed by atoms with Gasteiger partial charge in [0, 0.05) is 6.07 Å². The van der Waals surface area contributed by atoms with Crippen molar-refractivity contribution in [2.45, 2.75) is 6.92 Å². The van der Waals surface area contributed by atoms with Crippen molar-refractivity contribution in [1.82, 2.24) is 0 Å². The first kappa shape index (κ1) is 17.5. The molecule has 0 amide bonds. The Hall–Kier alpha value is -3.93. The van der Waals surface area contributed by atoms with Crippen LogP contribution >= 0.6 is 0 Å². The van der Waals surface area contributed by atoms with E-state index in [9.17, 15) is 20.1 Å². The van der Waals surface area contributed by atoms with Crippen LogP contribution in [0.4, 0.5) is 0 Å². The zero-order valence-electron chi connectivity index (χ0n) is 14.8. The quantitative estimate of drug-likeness (QED) is 0.449. The first-order valence-corrected chi connectivity index (χ1v) is 8.50. The summed E-state index contributed by atoms with van der Waals surface area (Å²) in [6.45, 7) is 1.62. The van der Waals surface area contributed by atoms with Gasteiger partial charge >= 0.3 is 0 Å². The van der Waals surface area contributed by atoms with Crippen molar-refractivity contribution in [3.8, 4) is 39.9 Å². The maximum Gasteiger partial charge on any atom is 0.204 e. The molecule has 6 nitrogen and oxygen atoms in total. The molecule has 0 fully saturated rings. The normalized spacial score (nSPS) is 10.9. The summed E-state index contributed by atoms with van der Waals surface area (Å²) >= 11 is 0. The third-order valence-corrected chi connectivity index (χ3v) is 4.41. The Morgan fingerprint density at radius 2 is 1.50 bits per heavy atom. The number of aryl methyl sites for hydroxylation is 1. The van der Waals surface area contributed by atoms with Crippen LogP contribution in [0.15, 0.2) is 69.9 Å². The summed E-state index contributed by atoms with van der Waals surface area (Å²) in [6, 6.07) is 17.3. The number of hydrogen-bond acceptors (Lipinski definition) is 6. The largest absolute Gasteiger partial charge is 0.504 e. The van der Waals surface area contributed by atoms with Gasteiger partial charge in [-0.25, -0.2) is 0 Å². The lowest BCUT2D eigenvalue weighted by Gasteiger charge is -2.10. The molecule has 6 heteroatoms. The van der Waals surface area contributed by atoms with E-state index in [1.54, 1.807) is 31.2 Å². The highest BCUT2D eigenvalue weighted by Crippen LogP contribution is 2.41. The molecular weight excluding hydrogens is 360 g/mol. The van der Waals surface area contributed by atoms with Crippen LogP contribution in [0.5, 0.6) is 28.7 Å². The molecule has 0 aliphatic carbocycles. The van der Waals surface area contributed by atoms with E-state index in [1.165, 1.54) is 0 Å². The highest BCUT2D eigenvalue weighted by atomic mass is 16.5. The lowest BCUT2D eigenvalue weighted by atomic mass is 10.0. The molecule has 0 aliphatic heterocycles. The van der Waals surface area contributed by atoms with Crippen LogP contribution in [-0.2, 0) is 0 Å². The number of phenolic OH excluding ortho intramolecular Hbond substituents is 3. The second-order valence-electron chi connectivity index (χ2n) is 6.27. The molecule has 1 aromatic heterocycles. The lowest BCUT2D eigenvalue weighted by molar-refractivity contribution is 0.369. The van der Waals surface area contributed by atoms with Gasteiger partial charge in [-0.15, -0.1) is 0 Å². The van der Waals surface area contributed by atoms with Crippen LogP contribution < -0.4 is 10.2 Å². The van der Waals surface area contributed by atoms with Crippen molar-refractivity contribution >= 4 is 11.0 Å². The molecule has 3 aromatic carbocycles. The number of para-hydroxylation sites is 1. The fourth-order valence-electron chi connectivity index (χ4n) is 3.07. The first-order valence-electron chi connectivity index (χ1n) is 8.50. The molecular formula is C22H16O6. The van der Waals surface area contributed by atoms with Crippen LogP contribution in [0.2, 0.25) is 0 Å². The number of rotatable bonds is 3. The van der Waals surface area contributed by atoms with Crippen LogP contribution in [0, 0.1) is 6.92 Å². The third-order valence-electron chi connectivity index (χ3n) is 4.41. The van der Waals surface area contributed by atoms with Gasteiger partial charge in [0.1, 0.15) is 28.2 Å². The maximum absolute atomic E-state index is 13.0. The van der Waals surface area contributed by atoms with Crippen LogP contribution in [0.25, 0.3) is 22.1 Å². The molecule has 0 saturated carbocycles. The maximum atomic E-state index is 13.0. The van der Waals surface area contributed by atoms with Gasteiger partial charge in [0.05, 0.1) is 5.56 Å². The summed E-state index contributed by atoms with van der Waals surface area (Å²) in [5, 5.41) is 29.3. The smallest absolute Gasteiger partial charge is 0.204 e. The van der Waals surface area contributed by atoms with Crippen LogP contribution in [-0.4, -0.2) is 15.3 Å². The molecule has 0 radical (unpaired) electrons. The number of fused-ring (bicyclic) bond motifs is 1. The summed E-state index contributed by atoms with van der Waals surface area (Å²) in [4.78, 5) is 13.0. The molecule has 4 aromatic rings. The van der Waals surface area contributed by atoms with Crippen molar-refractivity contribution in [2.75, 3.05) is 0 Å². The molecule has 3 N–H and O–H groups in total. The van der Waals surface area contributed by atoms with Crippen molar-refractivity contribution in [2.24, 2.45) is 0 Å². The molecule has 140 valence electrons. The van der Waals surface area contributed by atoms with E-state index in [-0.39, 0.29) is 16.5 Å². The SMILES string of the molecule is Cc1oc2cc(O)c(O)c(O)c2c(=O)c1-c1ccc(Oc2ccccc2)cc1. The van der Waals surface area contributed by atoms with Gasteiger partial charge in [-0.05, 0) is 36.8 Å². The highest BCUT2D eigenvalue weighted by Gasteiger charge is 2.20. The summed E-state index contributed by atoms with van der Waals surface area (Å²) in [7, 11) is 0. The summed E-state index contributed by atoms with van der Waals surface area (Å²) < 4.78 is 11.4. The second-order valence-corrected chi connectivity index (χ2v) is 6.27. The Morgan fingerprint density at radius 3 is 2.18 bits per heavy atom. The van der Waals surface area contributed by atoms with E-state index in [1.807, 2.05) is 30.3 Å². The summed E-state index contributed by atoms with van der Waals surface area (Å²) in [5.41, 5.74) is 0.297. The standard InChI is InChI=1S/C22H16O6/c1-12-18(21(25)19-17(27-12)11-16(23)20(24)22(19)26)13-7-9-15(10-8-13)28-14-5-3-2-4-6-14/h2-11,23-24,26H,1H3. The van der Waals surface area contributed by atoms with Crippen molar-refractivity contribution in [1.29, 1.82) is 0 Å². The average Bonchev–Trinajstić information content (AvgIpc) is 2.68. The van der Waals surface area contributed by atoms with E-state index >= 15 is 0 Å². The van der Waals surface area contributed by atoms with Gasteiger partial charge in [-0.3, -0.25) is 4.79 Å². The average molecular weight is 376 g/mol. The minimum Gasteiger partial charge on any atom is -0.504 e. The lowest BCUT2D eigenvalue weighted by Crippen LogP contribution is -2.07. The zero-order valence-corrected chi connectivity index (χ0v) is 14.8. The molecule has 0 bridgehead atoms. The zero-order chi connectivity index (χ0) is 19.8. The van der Waals surface area contributed by atoms with Gasteiger partial charge in [-0.2, -0.15) is 0 Å². The van der Waals surface area contributed by atoms with Gasteiger partial charge < -0.3 is 24.5 Å². The number of aromatic hydroxyl groups is 3. The first-order chi connectivity index (χ1) is 13.5. The number of benzene rings is 3. The molecule has 1 heterocycles. The predicted molar refractivity (Wildman–Crippen MR) is 104 cm³/mol. The predicted octanol–water partition coefficient (Wildman–Crippen LogP) is 4.68. The Balaban J connectivity index is 1.80. The van der Waals surface area contributed by atoms with E-state index in [0.717, 1.165) is 6.07 Å². The molecule has 0 unspecified atom stereocenters. The van der Waals surface area contributed by atoms with E-state index in [2.05, 4.69) is 0 Å². The van der Waals surface area contributed by atoms with Crippen molar-refractivity contribution in [3.63, 3.8) is 0 Å². The topological polar surface area (TPSA) is 100 Å². The Labute approximate surface area is 159 Å². The van der Waals surface area contributed by atoms with Gasteiger partial charge in [0.25, 0.3) is 0 Å². The summed E-state index contributed by atoms with van der Waals surface area (Å²) in [5.74, 6) is -0.434. The van der Waals surface area contributed by atoms with Crippen molar-refractivity contribution < 1.29 is 24.5 Å². The van der Waals surface area contributed by atoms with E-state index in [0.29, 0.717) is 22.8 Å². The molecule has 0 spiro atoms. The van der Waals surface area contributed by atoms with Gasteiger partial charge in [0.15, 0.2) is 11.5 Å².